The normalized spacial score (nSPS) is 13.7. The Hall–Kier alpha value is -1.30. The average molecular weight is 248 g/mol. The minimum Gasteiger partial charge on any atom is -0.319 e. The van der Waals surface area contributed by atoms with Crippen molar-refractivity contribution in [1.82, 2.24) is 9.88 Å². The fraction of sp³-hybridized carbons (Fsp3) is 0.545. The number of hydrogen-bond donors (Lipinski definition) is 1. The summed E-state index contributed by atoms with van der Waals surface area (Å²) < 4.78 is 38.8. The Balaban J connectivity index is 3.09. The molecule has 0 saturated carbocycles. The first-order chi connectivity index (χ1) is 7.86. The van der Waals surface area contributed by atoms with Crippen molar-refractivity contribution in [2.45, 2.75) is 19.6 Å². The van der Waals surface area contributed by atoms with Gasteiger partial charge in [-0.2, -0.15) is 13.2 Å². The molecule has 0 aromatic carbocycles. The number of nitrogens with one attached hydrogen (secondary N) is 1. The van der Waals surface area contributed by atoms with E-state index in [9.17, 15) is 18.0 Å². The van der Waals surface area contributed by atoms with Crippen LogP contribution in [0, 0.1) is 5.92 Å². The van der Waals surface area contributed by atoms with Crippen molar-refractivity contribution in [2.75, 3.05) is 13.6 Å². The van der Waals surface area contributed by atoms with Crippen LogP contribution in [0.25, 0.3) is 0 Å². The van der Waals surface area contributed by atoms with Gasteiger partial charge in [0.15, 0.2) is 0 Å². The van der Waals surface area contributed by atoms with Gasteiger partial charge in [0.2, 0.25) is 0 Å². The predicted molar refractivity (Wildman–Crippen MR) is 58.8 cm³/mol. The van der Waals surface area contributed by atoms with Crippen LogP contribution in [0.3, 0.4) is 0 Å². The number of hydrogen-bond acceptors (Lipinski definition) is 2. The maximum Gasteiger partial charge on any atom is 0.431 e. The van der Waals surface area contributed by atoms with Crippen LogP contribution in [0.4, 0.5) is 13.2 Å². The molecule has 0 spiro atoms. The van der Waals surface area contributed by atoms with E-state index in [1.807, 2.05) is 0 Å². The summed E-state index contributed by atoms with van der Waals surface area (Å²) in [7, 11) is 1.72. The van der Waals surface area contributed by atoms with Crippen molar-refractivity contribution in [2.24, 2.45) is 5.92 Å². The molecule has 1 heterocycles. The van der Waals surface area contributed by atoms with E-state index >= 15 is 0 Å². The van der Waals surface area contributed by atoms with E-state index in [1.54, 1.807) is 14.0 Å². The van der Waals surface area contributed by atoms with Gasteiger partial charge in [-0.05, 0) is 25.6 Å². The molecule has 0 fully saturated rings. The van der Waals surface area contributed by atoms with E-state index < -0.39 is 17.4 Å². The van der Waals surface area contributed by atoms with E-state index in [-0.39, 0.29) is 12.5 Å². The van der Waals surface area contributed by atoms with Gasteiger partial charge >= 0.3 is 6.18 Å². The van der Waals surface area contributed by atoms with Gasteiger partial charge in [0, 0.05) is 12.6 Å². The molecule has 0 aliphatic heterocycles. The molecular weight excluding hydrogens is 233 g/mol. The fourth-order valence-corrected chi connectivity index (χ4v) is 1.68. The number of alkyl halides is 3. The molecule has 0 bridgehead atoms. The Morgan fingerprint density at radius 1 is 1.41 bits per heavy atom. The fourth-order valence-electron chi connectivity index (χ4n) is 1.68. The molecule has 0 aliphatic rings. The highest BCUT2D eigenvalue weighted by molar-refractivity contribution is 5.10. The summed E-state index contributed by atoms with van der Waals surface area (Å²) >= 11 is 0. The molecule has 0 amide bonds. The first-order valence-electron chi connectivity index (χ1n) is 5.28. The summed E-state index contributed by atoms with van der Waals surface area (Å²) in [6, 6.07) is 3.19. The summed E-state index contributed by atoms with van der Waals surface area (Å²) in [4.78, 5) is 11.5. The van der Waals surface area contributed by atoms with Crippen LogP contribution >= 0.6 is 0 Å². The molecule has 1 atom stereocenters. The summed E-state index contributed by atoms with van der Waals surface area (Å²) in [6.07, 6.45) is -4.50. The number of aromatic nitrogens is 1. The molecule has 17 heavy (non-hydrogen) atoms. The minimum atomic E-state index is -4.50. The highest BCUT2D eigenvalue weighted by Gasteiger charge is 2.34. The lowest BCUT2D eigenvalue weighted by atomic mass is 10.1. The van der Waals surface area contributed by atoms with Gasteiger partial charge in [-0.15, -0.1) is 0 Å². The molecular formula is C11H15F3N2O. The molecule has 1 N–H and O–H groups in total. The first-order valence-corrected chi connectivity index (χ1v) is 5.28. The Kier molecular flexibility index (Phi) is 4.34. The zero-order valence-electron chi connectivity index (χ0n) is 9.71. The summed E-state index contributed by atoms with van der Waals surface area (Å²) in [5.41, 5.74) is -1.52. The maximum atomic E-state index is 12.7. The smallest absolute Gasteiger partial charge is 0.319 e. The van der Waals surface area contributed by atoms with Gasteiger partial charge in [0.05, 0.1) is 0 Å². The molecule has 1 aromatic heterocycles. The van der Waals surface area contributed by atoms with Crippen molar-refractivity contribution in [3.8, 4) is 0 Å². The minimum absolute atomic E-state index is 0.0509. The maximum absolute atomic E-state index is 12.7. The van der Waals surface area contributed by atoms with Crippen molar-refractivity contribution >= 4 is 0 Å². The number of rotatable bonds is 4. The second-order valence-electron chi connectivity index (χ2n) is 4.02. The highest BCUT2D eigenvalue weighted by atomic mass is 19.4. The Morgan fingerprint density at radius 2 is 2.06 bits per heavy atom. The lowest BCUT2D eigenvalue weighted by Gasteiger charge is -2.18. The third-order valence-electron chi connectivity index (χ3n) is 2.39. The first kappa shape index (κ1) is 13.8. The van der Waals surface area contributed by atoms with Gasteiger partial charge in [-0.1, -0.05) is 13.0 Å². The van der Waals surface area contributed by atoms with Crippen LogP contribution in [-0.4, -0.2) is 18.2 Å². The summed E-state index contributed by atoms with van der Waals surface area (Å²) in [5.74, 6) is -0.0544. The van der Waals surface area contributed by atoms with Gasteiger partial charge in [0.1, 0.15) is 5.69 Å². The molecule has 0 aliphatic carbocycles. The monoisotopic (exact) mass is 248 g/mol. The Labute approximate surface area is 97.3 Å². The molecule has 96 valence electrons. The summed E-state index contributed by atoms with van der Waals surface area (Å²) in [6.45, 7) is 2.39. The van der Waals surface area contributed by atoms with Gasteiger partial charge in [0.25, 0.3) is 5.56 Å². The topological polar surface area (TPSA) is 34.0 Å². The van der Waals surface area contributed by atoms with Gasteiger partial charge < -0.3 is 9.88 Å². The average Bonchev–Trinajstić information content (AvgIpc) is 2.19. The molecule has 1 unspecified atom stereocenters. The van der Waals surface area contributed by atoms with Crippen LogP contribution in [0.1, 0.15) is 12.6 Å². The standard InChI is InChI=1S/C11H15F3N2O/c1-8(6-15-2)7-16-9(11(12,13)14)4-3-5-10(16)17/h3-5,8,15H,6-7H2,1-2H3. The summed E-state index contributed by atoms with van der Waals surface area (Å²) in [5, 5.41) is 2.87. The quantitative estimate of drug-likeness (QED) is 0.880. The highest BCUT2D eigenvalue weighted by Crippen LogP contribution is 2.28. The molecule has 1 aromatic rings. The van der Waals surface area contributed by atoms with E-state index in [1.165, 1.54) is 0 Å². The lowest BCUT2D eigenvalue weighted by Crippen LogP contribution is -2.31. The lowest BCUT2D eigenvalue weighted by molar-refractivity contribution is -0.144. The van der Waals surface area contributed by atoms with Gasteiger partial charge in [-0.25, -0.2) is 0 Å². The number of halogens is 3. The third kappa shape index (κ3) is 3.59. The van der Waals surface area contributed by atoms with E-state index in [0.29, 0.717) is 6.54 Å². The zero-order chi connectivity index (χ0) is 13.1. The molecule has 6 heteroatoms. The van der Waals surface area contributed by atoms with E-state index in [0.717, 1.165) is 22.8 Å². The number of pyridine rings is 1. The molecule has 3 nitrogen and oxygen atoms in total. The zero-order valence-corrected chi connectivity index (χ0v) is 9.71. The van der Waals surface area contributed by atoms with Crippen molar-refractivity contribution < 1.29 is 13.2 Å². The van der Waals surface area contributed by atoms with Crippen molar-refractivity contribution in [1.29, 1.82) is 0 Å². The SMILES string of the molecule is CNCC(C)Cn1c(C(F)(F)F)cccc1=O. The van der Waals surface area contributed by atoms with Crippen LogP contribution in [0.5, 0.6) is 0 Å². The third-order valence-corrected chi connectivity index (χ3v) is 2.39. The van der Waals surface area contributed by atoms with Crippen molar-refractivity contribution in [3.05, 3.63) is 34.2 Å². The van der Waals surface area contributed by atoms with E-state index in [2.05, 4.69) is 5.32 Å². The second kappa shape index (κ2) is 5.35. The van der Waals surface area contributed by atoms with Gasteiger partial charge in [-0.3, -0.25) is 4.79 Å². The predicted octanol–water partition coefficient (Wildman–Crippen LogP) is 1.72. The van der Waals surface area contributed by atoms with Crippen LogP contribution < -0.4 is 10.9 Å². The van der Waals surface area contributed by atoms with Crippen LogP contribution in [0.15, 0.2) is 23.0 Å². The molecule has 1 rings (SSSR count). The second-order valence-corrected chi connectivity index (χ2v) is 4.02. The van der Waals surface area contributed by atoms with E-state index in [4.69, 9.17) is 0 Å². The Morgan fingerprint density at radius 3 is 2.59 bits per heavy atom. The molecule has 0 saturated heterocycles. The molecule has 0 radical (unpaired) electrons. The Bertz CT molecular complexity index is 425. The van der Waals surface area contributed by atoms with Crippen LogP contribution in [-0.2, 0) is 12.7 Å². The van der Waals surface area contributed by atoms with Crippen molar-refractivity contribution in [3.63, 3.8) is 0 Å². The largest absolute Gasteiger partial charge is 0.431 e. The number of nitrogens with zero attached hydrogens (tertiary/aromatic N) is 1. The van der Waals surface area contributed by atoms with Crippen LogP contribution in [0.2, 0.25) is 0 Å².